The van der Waals surface area contributed by atoms with Crippen molar-refractivity contribution < 1.29 is 31.1 Å². The Morgan fingerprint density at radius 1 is 0.767 bits per heavy atom. The highest BCUT2D eigenvalue weighted by Gasteiger charge is 2.28. The van der Waals surface area contributed by atoms with Crippen LogP contribution in [0.3, 0.4) is 0 Å². The number of carbonyl (C=O) groups excluding carboxylic acids is 1. The average molecular weight is 665 g/mol. The molecule has 0 aliphatic carbocycles. The Balaban J connectivity index is 1.55. The summed E-state index contributed by atoms with van der Waals surface area (Å²) in [6.45, 7) is 1.20. The molecule has 14 heteroatoms. The van der Waals surface area contributed by atoms with Crippen LogP contribution < -0.4 is 23.8 Å². The van der Waals surface area contributed by atoms with Crippen molar-refractivity contribution in [2.45, 2.75) is 16.7 Å². The fourth-order valence-corrected chi connectivity index (χ4v) is 6.74. The maximum atomic E-state index is 13.8. The summed E-state index contributed by atoms with van der Waals surface area (Å²) in [6.07, 6.45) is 0. The quantitative estimate of drug-likeness (QED) is 0.203. The molecule has 43 heavy (non-hydrogen) atoms. The summed E-state index contributed by atoms with van der Waals surface area (Å²) < 4.78 is 67.0. The standard InChI is InChI=1S/C29H27Cl2N3O7S2/c1-19-4-7-22(16-26(19)31)33-42(36,37)24-12-8-21(9-13-24)32-29(35)18-34(23-10-5-20(30)6-11-23)43(38,39)25-14-15-27(40-2)28(17-25)41-3/h4-17,33H,18H2,1-3H3,(H,32,35). The van der Waals surface area contributed by atoms with Gasteiger partial charge in [0.05, 0.1) is 35.4 Å². The van der Waals surface area contributed by atoms with Crippen molar-refractivity contribution in [3.8, 4) is 11.5 Å². The Hall–Kier alpha value is -3.97. The van der Waals surface area contributed by atoms with Gasteiger partial charge in [-0.2, -0.15) is 0 Å². The summed E-state index contributed by atoms with van der Waals surface area (Å²) in [6, 6.07) is 20.2. The molecule has 4 aromatic rings. The van der Waals surface area contributed by atoms with Crippen LogP contribution in [0.15, 0.2) is 94.7 Å². The Morgan fingerprint density at radius 3 is 1.98 bits per heavy atom. The number of rotatable bonds is 11. The molecule has 1 amide bonds. The van der Waals surface area contributed by atoms with Crippen molar-refractivity contribution in [1.82, 2.24) is 0 Å². The first kappa shape index (κ1) is 32.0. The summed E-state index contributed by atoms with van der Waals surface area (Å²) in [5, 5.41) is 3.41. The number of hydrogen-bond acceptors (Lipinski definition) is 7. The van der Waals surface area contributed by atoms with E-state index < -0.39 is 32.5 Å². The van der Waals surface area contributed by atoms with E-state index >= 15 is 0 Å². The highest BCUT2D eigenvalue weighted by molar-refractivity contribution is 7.93. The van der Waals surface area contributed by atoms with Gasteiger partial charge < -0.3 is 14.8 Å². The van der Waals surface area contributed by atoms with E-state index in [4.69, 9.17) is 32.7 Å². The van der Waals surface area contributed by atoms with Crippen LogP contribution in [-0.2, 0) is 24.8 Å². The van der Waals surface area contributed by atoms with E-state index in [2.05, 4.69) is 10.0 Å². The zero-order chi connectivity index (χ0) is 31.4. The fraction of sp³-hybridized carbons (Fsp3) is 0.138. The smallest absolute Gasteiger partial charge is 0.264 e. The van der Waals surface area contributed by atoms with E-state index in [1.54, 1.807) is 19.1 Å². The van der Waals surface area contributed by atoms with Crippen LogP contribution in [0, 0.1) is 6.92 Å². The minimum atomic E-state index is -4.28. The van der Waals surface area contributed by atoms with Gasteiger partial charge in [-0.15, -0.1) is 0 Å². The molecule has 0 aromatic heterocycles. The van der Waals surface area contributed by atoms with Crippen LogP contribution in [0.2, 0.25) is 10.0 Å². The predicted molar refractivity (Wildman–Crippen MR) is 168 cm³/mol. The number of nitrogens with one attached hydrogen (secondary N) is 2. The molecule has 4 rings (SSSR count). The van der Waals surface area contributed by atoms with Gasteiger partial charge in [0.15, 0.2) is 11.5 Å². The number of hydrogen-bond donors (Lipinski definition) is 2. The number of benzene rings is 4. The van der Waals surface area contributed by atoms with Crippen molar-refractivity contribution in [3.63, 3.8) is 0 Å². The summed E-state index contributed by atoms with van der Waals surface area (Å²) in [4.78, 5) is 12.9. The Labute approximate surface area is 260 Å². The maximum absolute atomic E-state index is 13.8. The van der Waals surface area contributed by atoms with Crippen molar-refractivity contribution in [1.29, 1.82) is 0 Å². The third-order valence-corrected chi connectivity index (χ3v) is 10.0. The van der Waals surface area contributed by atoms with Gasteiger partial charge in [0.1, 0.15) is 6.54 Å². The predicted octanol–water partition coefficient (Wildman–Crippen LogP) is 5.95. The van der Waals surface area contributed by atoms with Crippen molar-refractivity contribution >= 4 is 66.2 Å². The second-order valence-electron chi connectivity index (χ2n) is 9.15. The van der Waals surface area contributed by atoms with Gasteiger partial charge in [0.25, 0.3) is 20.0 Å². The maximum Gasteiger partial charge on any atom is 0.264 e. The number of methoxy groups -OCH3 is 2. The van der Waals surface area contributed by atoms with Gasteiger partial charge in [-0.25, -0.2) is 16.8 Å². The molecule has 0 aliphatic rings. The van der Waals surface area contributed by atoms with Crippen LogP contribution >= 0.6 is 23.2 Å². The van der Waals surface area contributed by atoms with Gasteiger partial charge in [-0.1, -0.05) is 29.3 Å². The first-order chi connectivity index (χ1) is 20.3. The van der Waals surface area contributed by atoms with Crippen LogP contribution in [0.1, 0.15) is 5.56 Å². The second kappa shape index (κ2) is 13.1. The molecule has 4 aromatic carbocycles. The van der Waals surface area contributed by atoms with Crippen LogP contribution in [0.25, 0.3) is 0 Å². The normalized spacial score (nSPS) is 11.5. The monoisotopic (exact) mass is 663 g/mol. The fourth-order valence-electron chi connectivity index (χ4n) is 3.95. The molecule has 0 spiro atoms. The number of halogens is 2. The summed E-state index contributed by atoms with van der Waals surface area (Å²) >= 11 is 12.1. The van der Waals surface area contributed by atoms with Crippen molar-refractivity contribution in [3.05, 3.63) is 101 Å². The summed E-state index contributed by atoms with van der Waals surface area (Å²) in [7, 11) is -5.42. The highest BCUT2D eigenvalue weighted by atomic mass is 35.5. The lowest BCUT2D eigenvalue weighted by atomic mass is 10.2. The topological polar surface area (TPSA) is 131 Å². The minimum Gasteiger partial charge on any atom is -0.493 e. The Kier molecular flexibility index (Phi) is 9.75. The first-order valence-electron chi connectivity index (χ1n) is 12.5. The number of amides is 1. The molecule has 0 fully saturated rings. The van der Waals surface area contributed by atoms with Gasteiger partial charge in [0.2, 0.25) is 5.91 Å². The molecule has 0 aliphatic heterocycles. The Morgan fingerprint density at radius 2 is 1.37 bits per heavy atom. The molecule has 2 N–H and O–H groups in total. The first-order valence-corrected chi connectivity index (χ1v) is 16.2. The SMILES string of the molecule is COc1ccc(S(=O)(=O)N(CC(=O)Nc2ccc(S(=O)(=O)Nc3ccc(C)c(Cl)c3)cc2)c2ccc(Cl)cc2)cc1OC. The highest BCUT2D eigenvalue weighted by Crippen LogP contribution is 2.32. The minimum absolute atomic E-state index is 0.0546. The molecule has 226 valence electrons. The molecule has 0 saturated heterocycles. The second-order valence-corrected chi connectivity index (χ2v) is 13.5. The number of nitrogens with zero attached hydrogens (tertiary/aromatic N) is 1. The van der Waals surface area contributed by atoms with Crippen molar-refractivity contribution in [2.24, 2.45) is 0 Å². The Bertz CT molecular complexity index is 1850. The molecular formula is C29H27Cl2N3O7S2. The number of aryl methyl sites for hydroxylation is 1. The molecule has 10 nitrogen and oxygen atoms in total. The van der Waals surface area contributed by atoms with Crippen LogP contribution in [0.5, 0.6) is 11.5 Å². The van der Waals surface area contributed by atoms with Gasteiger partial charge >= 0.3 is 0 Å². The van der Waals surface area contributed by atoms with E-state index in [9.17, 15) is 21.6 Å². The number of anilines is 3. The number of sulfonamides is 2. The van der Waals surface area contributed by atoms with Crippen LogP contribution in [-0.4, -0.2) is 43.5 Å². The molecule has 0 bridgehead atoms. The molecule has 0 unspecified atom stereocenters. The summed E-state index contributed by atoms with van der Waals surface area (Å²) in [5.41, 5.74) is 1.54. The van der Waals surface area contributed by atoms with Gasteiger partial charge in [-0.3, -0.25) is 13.8 Å². The molecule has 0 radical (unpaired) electrons. The third-order valence-electron chi connectivity index (χ3n) is 6.22. The molecule has 0 saturated carbocycles. The third kappa shape index (κ3) is 7.52. The summed E-state index contributed by atoms with van der Waals surface area (Å²) in [5.74, 6) is -0.151. The van der Waals surface area contributed by atoms with E-state index in [1.807, 2.05) is 0 Å². The zero-order valence-corrected chi connectivity index (χ0v) is 26.3. The van der Waals surface area contributed by atoms with Gasteiger partial charge in [-0.05, 0) is 85.3 Å². The lowest BCUT2D eigenvalue weighted by molar-refractivity contribution is -0.114. The lowest BCUT2D eigenvalue weighted by Gasteiger charge is -2.24. The van der Waals surface area contributed by atoms with E-state index in [0.29, 0.717) is 21.5 Å². The van der Waals surface area contributed by atoms with E-state index in [-0.39, 0.29) is 26.9 Å². The van der Waals surface area contributed by atoms with Gasteiger partial charge in [0, 0.05) is 21.8 Å². The average Bonchev–Trinajstić information content (AvgIpc) is 2.98. The molecular weight excluding hydrogens is 637 g/mol. The number of carbonyl (C=O) groups is 1. The molecule has 0 atom stereocenters. The zero-order valence-electron chi connectivity index (χ0n) is 23.2. The van der Waals surface area contributed by atoms with E-state index in [1.165, 1.54) is 87.0 Å². The molecule has 0 heterocycles. The van der Waals surface area contributed by atoms with E-state index in [0.717, 1.165) is 9.87 Å². The number of ether oxygens (including phenoxy) is 2. The largest absolute Gasteiger partial charge is 0.493 e. The van der Waals surface area contributed by atoms with Crippen molar-refractivity contribution in [2.75, 3.05) is 35.1 Å². The lowest BCUT2D eigenvalue weighted by Crippen LogP contribution is -2.38. The van der Waals surface area contributed by atoms with Crippen LogP contribution in [0.4, 0.5) is 17.1 Å².